The van der Waals surface area contributed by atoms with Gasteiger partial charge >= 0.3 is 5.97 Å². The summed E-state index contributed by atoms with van der Waals surface area (Å²) in [6, 6.07) is 3.27. The predicted molar refractivity (Wildman–Crippen MR) is 72.4 cm³/mol. The minimum atomic E-state index is -1.13. The van der Waals surface area contributed by atoms with Gasteiger partial charge in [-0.05, 0) is 40.4 Å². The van der Waals surface area contributed by atoms with Gasteiger partial charge in [0, 0.05) is 0 Å². The van der Waals surface area contributed by atoms with Crippen LogP contribution in [0.1, 0.15) is 30.6 Å². The second kappa shape index (κ2) is 6.65. The van der Waals surface area contributed by atoms with Gasteiger partial charge < -0.3 is 10.4 Å². The van der Waals surface area contributed by atoms with Gasteiger partial charge in [-0.2, -0.15) is 0 Å². The van der Waals surface area contributed by atoms with Crippen LogP contribution in [-0.4, -0.2) is 23.0 Å². The lowest BCUT2D eigenvalue weighted by molar-refractivity contribution is -0.139. The second-order valence-electron chi connectivity index (χ2n) is 4.60. The minimum absolute atomic E-state index is 0.105. The van der Waals surface area contributed by atoms with Crippen LogP contribution in [-0.2, 0) is 4.79 Å². The van der Waals surface area contributed by atoms with Crippen molar-refractivity contribution >= 4 is 27.8 Å². The van der Waals surface area contributed by atoms with E-state index >= 15 is 0 Å². The number of amides is 1. The zero-order chi connectivity index (χ0) is 14.6. The molecule has 19 heavy (non-hydrogen) atoms. The summed E-state index contributed by atoms with van der Waals surface area (Å²) >= 11 is 2.98. The Morgan fingerprint density at radius 2 is 2.05 bits per heavy atom. The minimum Gasteiger partial charge on any atom is -0.480 e. The van der Waals surface area contributed by atoms with Crippen LogP contribution in [0, 0.1) is 11.7 Å². The molecule has 6 heteroatoms. The molecule has 0 fully saturated rings. The second-order valence-corrected chi connectivity index (χ2v) is 5.45. The molecular weight excluding hydrogens is 317 g/mol. The molecular formula is C13H15BrFNO3. The summed E-state index contributed by atoms with van der Waals surface area (Å²) in [4.78, 5) is 22.9. The molecule has 1 amide bonds. The zero-order valence-corrected chi connectivity index (χ0v) is 12.2. The van der Waals surface area contributed by atoms with Crippen molar-refractivity contribution in [2.24, 2.45) is 5.92 Å². The van der Waals surface area contributed by atoms with Crippen LogP contribution in [0.3, 0.4) is 0 Å². The van der Waals surface area contributed by atoms with E-state index in [1.807, 2.05) is 13.8 Å². The van der Waals surface area contributed by atoms with Gasteiger partial charge in [-0.25, -0.2) is 9.18 Å². The fraction of sp³-hybridized carbons (Fsp3) is 0.385. The van der Waals surface area contributed by atoms with Crippen molar-refractivity contribution in [3.8, 4) is 0 Å². The van der Waals surface area contributed by atoms with E-state index < -0.39 is 23.7 Å². The van der Waals surface area contributed by atoms with Crippen LogP contribution in [0.4, 0.5) is 4.39 Å². The van der Waals surface area contributed by atoms with Crippen molar-refractivity contribution in [3.05, 3.63) is 34.1 Å². The molecule has 4 nitrogen and oxygen atoms in total. The third kappa shape index (κ3) is 4.31. The summed E-state index contributed by atoms with van der Waals surface area (Å²) < 4.78 is 13.9. The predicted octanol–water partition coefficient (Wildman–Crippen LogP) is 2.82. The molecule has 0 unspecified atom stereocenters. The number of aliphatic carboxylic acids is 1. The number of nitrogens with one attached hydrogen (secondary N) is 1. The fourth-order valence-corrected chi connectivity index (χ4v) is 1.97. The van der Waals surface area contributed by atoms with E-state index in [4.69, 9.17) is 5.11 Å². The maximum atomic E-state index is 13.7. The number of halogens is 2. The lowest BCUT2D eigenvalue weighted by Gasteiger charge is -2.16. The highest BCUT2D eigenvalue weighted by Crippen LogP contribution is 2.18. The Labute approximate surface area is 119 Å². The number of rotatable bonds is 5. The molecule has 0 saturated heterocycles. The zero-order valence-electron chi connectivity index (χ0n) is 10.6. The van der Waals surface area contributed by atoms with Gasteiger partial charge in [-0.1, -0.05) is 19.9 Å². The molecule has 0 saturated carbocycles. The Balaban J connectivity index is 2.88. The molecule has 0 aliphatic rings. The van der Waals surface area contributed by atoms with E-state index in [9.17, 15) is 14.0 Å². The monoisotopic (exact) mass is 331 g/mol. The van der Waals surface area contributed by atoms with Crippen molar-refractivity contribution in [2.45, 2.75) is 26.3 Å². The van der Waals surface area contributed by atoms with E-state index in [2.05, 4.69) is 21.2 Å². The summed E-state index contributed by atoms with van der Waals surface area (Å²) in [5, 5.41) is 11.4. The molecule has 0 aliphatic carbocycles. The molecule has 2 N–H and O–H groups in total. The van der Waals surface area contributed by atoms with Gasteiger partial charge in [0.25, 0.3) is 5.91 Å². The highest BCUT2D eigenvalue weighted by Gasteiger charge is 2.23. The summed E-state index contributed by atoms with van der Waals surface area (Å²) in [5.41, 5.74) is -0.176. The average Bonchev–Trinajstić information content (AvgIpc) is 2.31. The molecule has 0 bridgehead atoms. The summed E-state index contributed by atoms with van der Waals surface area (Å²) in [6.07, 6.45) is 0.288. The topological polar surface area (TPSA) is 66.4 Å². The molecule has 0 aliphatic heterocycles. The Bertz CT molecular complexity index is 491. The third-order valence-corrected chi connectivity index (χ3v) is 3.12. The first kappa shape index (κ1) is 15.6. The summed E-state index contributed by atoms with van der Waals surface area (Å²) in [7, 11) is 0. The number of carbonyl (C=O) groups is 2. The molecule has 1 rings (SSSR count). The summed E-state index contributed by atoms with van der Waals surface area (Å²) in [5.74, 6) is -2.45. The van der Waals surface area contributed by atoms with Gasteiger partial charge in [-0.15, -0.1) is 0 Å². The van der Waals surface area contributed by atoms with E-state index in [0.29, 0.717) is 0 Å². The third-order valence-electron chi connectivity index (χ3n) is 2.51. The Hall–Kier alpha value is -1.43. The SMILES string of the molecule is CC(C)C[C@@H](NC(=O)c1cccc(Br)c1F)C(=O)O. The number of hydrogen-bond acceptors (Lipinski definition) is 2. The van der Waals surface area contributed by atoms with Crippen molar-refractivity contribution in [1.82, 2.24) is 5.32 Å². The number of hydrogen-bond donors (Lipinski definition) is 2. The van der Waals surface area contributed by atoms with Crippen LogP contribution in [0.15, 0.2) is 22.7 Å². The molecule has 0 aromatic heterocycles. The molecule has 104 valence electrons. The van der Waals surface area contributed by atoms with E-state index in [1.165, 1.54) is 18.2 Å². The number of carboxylic acids is 1. The van der Waals surface area contributed by atoms with Crippen molar-refractivity contribution in [3.63, 3.8) is 0 Å². The van der Waals surface area contributed by atoms with E-state index in [-0.39, 0.29) is 22.4 Å². The normalized spacial score (nSPS) is 12.3. The van der Waals surface area contributed by atoms with Gasteiger partial charge in [0.1, 0.15) is 11.9 Å². The Kier molecular flexibility index (Phi) is 5.47. The van der Waals surface area contributed by atoms with Gasteiger partial charge in [0.05, 0.1) is 10.0 Å². The first-order valence-corrected chi connectivity index (χ1v) is 6.60. The van der Waals surface area contributed by atoms with E-state index in [0.717, 1.165) is 0 Å². The largest absolute Gasteiger partial charge is 0.480 e. The van der Waals surface area contributed by atoms with Crippen LogP contribution >= 0.6 is 15.9 Å². The maximum Gasteiger partial charge on any atom is 0.326 e. The lowest BCUT2D eigenvalue weighted by Crippen LogP contribution is -2.41. The van der Waals surface area contributed by atoms with Crippen LogP contribution < -0.4 is 5.32 Å². The Morgan fingerprint density at radius 1 is 1.42 bits per heavy atom. The first-order valence-electron chi connectivity index (χ1n) is 5.80. The summed E-state index contributed by atoms with van der Waals surface area (Å²) in [6.45, 7) is 3.70. The molecule has 0 heterocycles. The molecule has 0 spiro atoms. The first-order chi connectivity index (χ1) is 8.82. The number of carbonyl (C=O) groups excluding carboxylic acids is 1. The fourth-order valence-electron chi connectivity index (χ4n) is 1.61. The van der Waals surface area contributed by atoms with Gasteiger partial charge in [0.15, 0.2) is 0 Å². The van der Waals surface area contributed by atoms with Gasteiger partial charge in [0.2, 0.25) is 0 Å². The lowest BCUT2D eigenvalue weighted by atomic mass is 10.0. The van der Waals surface area contributed by atoms with Crippen molar-refractivity contribution < 1.29 is 19.1 Å². The maximum absolute atomic E-state index is 13.7. The molecule has 1 aromatic carbocycles. The highest BCUT2D eigenvalue weighted by molar-refractivity contribution is 9.10. The molecule has 1 atom stereocenters. The number of carboxylic acid groups (broad SMARTS) is 1. The average molecular weight is 332 g/mol. The number of benzene rings is 1. The van der Waals surface area contributed by atoms with Crippen molar-refractivity contribution in [1.29, 1.82) is 0 Å². The molecule has 0 radical (unpaired) electrons. The van der Waals surface area contributed by atoms with Gasteiger partial charge in [-0.3, -0.25) is 4.79 Å². The smallest absolute Gasteiger partial charge is 0.326 e. The van der Waals surface area contributed by atoms with Crippen LogP contribution in [0.25, 0.3) is 0 Å². The quantitative estimate of drug-likeness (QED) is 0.871. The standard InChI is InChI=1S/C13H15BrFNO3/c1-7(2)6-10(13(18)19)16-12(17)8-4-3-5-9(14)11(8)15/h3-5,7,10H,6H2,1-2H3,(H,16,17)(H,18,19)/t10-/m1/s1. The van der Waals surface area contributed by atoms with E-state index in [1.54, 1.807) is 0 Å². The molecule has 1 aromatic rings. The Morgan fingerprint density at radius 3 is 2.58 bits per heavy atom. The van der Waals surface area contributed by atoms with Crippen LogP contribution in [0.2, 0.25) is 0 Å². The van der Waals surface area contributed by atoms with Crippen LogP contribution in [0.5, 0.6) is 0 Å². The highest BCUT2D eigenvalue weighted by atomic mass is 79.9. The van der Waals surface area contributed by atoms with Crippen molar-refractivity contribution in [2.75, 3.05) is 0 Å².